The summed E-state index contributed by atoms with van der Waals surface area (Å²) in [6.45, 7) is 2.22. The maximum absolute atomic E-state index is 12.8. The highest BCUT2D eigenvalue weighted by Crippen LogP contribution is 2.29. The normalized spacial score (nSPS) is 11.0. The molecule has 0 aliphatic carbocycles. The largest absolute Gasteiger partial charge is 0.488 e. The van der Waals surface area contributed by atoms with E-state index in [-0.39, 0.29) is 18.6 Å². The van der Waals surface area contributed by atoms with Gasteiger partial charge < -0.3 is 19.2 Å². The zero-order valence-electron chi connectivity index (χ0n) is 13.7. The molecule has 25 heavy (non-hydrogen) atoms. The zero-order chi connectivity index (χ0) is 18.1. The van der Waals surface area contributed by atoms with Crippen LogP contribution < -0.4 is 10.2 Å². The maximum Gasteiger partial charge on any atom is 0.407 e. The van der Waals surface area contributed by atoms with Gasteiger partial charge in [-0.05, 0) is 42.8 Å². The van der Waals surface area contributed by atoms with Gasteiger partial charge in [-0.25, -0.2) is 4.79 Å². The van der Waals surface area contributed by atoms with Crippen molar-refractivity contribution >= 4 is 44.0 Å². The van der Waals surface area contributed by atoms with Crippen molar-refractivity contribution in [2.45, 2.75) is 6.92 Å². The van der Waals surface area contributed by atoms with Gasteiger partial charge in [-0.3, -0.25) is 4.79 Å². The third-order valence-electron chi connectivity index (χ3n) is 3.85. The van der Waals surface area contributed by atoms with Crippen LogP contribution in [0.25, 0.3) is 21.9 Å². The first kappa shape index (κ1) is 17.3. The standard InChI is InChI=1S/C18H16BrNO5/c1-10-7-13-16(21)12-4-3-11(19)9-14(12)25-17(13)15(8-10)24-6-5-20(2)18(22)23/h3-4,7-9H,5-6H2,1-2H3,(H,22,23). The second-order valence-corrected chi connectivity index (χ2v) is 6.68. The number of ether oxygens (including phenoxy) is 1. The molecular weight excluding hydrogens is 390 g/mol. The van der Waals surface area contributed by atoms with Gasteiger partial charge in [0.15, 0.2) is 11.3 Å². The van der Waals surface area contributed by atoms with Crippen LogP contribution in [0.5, 0.6) is 5.75 Å². The second kappa shape index (κ2) is 6.76. The van der Waals surface area contributed by atoms with E-state index in [9.17, 15) is 9.59 Å². The fourth-order valence-corrected chi connectivity index (χ4v) is 2.87. The summed E-state index contributed by atoms with van der Waals surface area (Å²) in [5, 5.41) is 9.82. The summed E-state index contributed by atoms with van der Waals surface area (Å²) in [4.78, 5) is 24.7. The van der Waals surface area contributed by atoms with Crippen LogP contribution in [0.4, 0.5) is 4.79 Å². The van der Waals surface area contributed by atoms with Crippen LogP contribution in [0.2, 0.25) is 0 Å². The minimum Gasteiger partial charge on any atom is -0.488 e. The Balaban J connectivity index is 2.07. The Morgan fingerprint density at radius 1 is 1.28 bits per heavy atom. The van der Waals surface area contributed by atoms with Crippen molar-refractivity contribution in [3.63, 3.8) is 0 Å². The lowest BCUT2D eigenvalue weighted by Crippen LogP contribution is -2.29. The fraction of sp³-hybridized carbons (Fsp3) is 0.222. The molecule has 0 radical (unpaired) electrons. The van der Waals surface area contributed by atoms with Crippen LogP contribution in [-0.4, -0.2) is 36.3 Å². The molecule has 1 amide bonds. The van der Waals surface area contributed by atoms with Crippen LogP contribution in [0.3, 0.4) is 0 Å². The highest BCUT2D eigenvalue weighted by atomic mass is 79.9. The average molecular weight is 406 g/mol. The molecule has 0 aliphatic heterocycles. The Morgan fingerprint density at radius 2 is 2.04 bits per heavy atom. The summed E-state index contributed by atoms with van der Waals surface area (Å²) in [6.07, 6.45) is -1.03. The summed E-state index contributed by atoms with van der Waals surface area (Å²) >= 11 is 3.37. The molecule has 3 aromatic rings. The second-order valence-electron chi connectivity index (χ2n) is 5.76. The van der Waals surface area contributed by atoms with Crippen molar-refractivity contribution in [2.24, 2.45) is 0 Å². The van der Waals surface area contributed by atoms with E-state index in [1.54, 1.807) is 30.3 Å². The molecule has 0 bridgehead atoms. The van der Waals surface area contributed by atoms with E-state index in [0.29, 0.717) is 27.7 Å². The molecule has 2 aromatic carbocycles. The van der Waals surface area contributed by atoms with Crippen LogP contribution in [0.15, 0.2) is 44.0 Å². The summed E-state index contributed by atoms with van der Waals surface area (Å²) in [5.74, 6) is 0.424. The first-order chi connectivity index (χ1) is 11.9. The third kappa shape index (κ3) is 3.46. The third-order valence-corrected chi connectivity index (χ3v) is 4.35. The highest BCUT2D eigenvalue weighted by Gasteiger charge is 2.14. The van der Waals surface area contributed by atoms with Gasteiger partial charge in [0.05, 0.1) is 17.3 Å². The smallest absolute Gasteiger partial charge is 0.407 e. The number of carboxylic acid groups (broad SMARTS) is 1. The van der Waals surface area contributed by atoms with Crippen LogP contribution in [-0.2, 0) is 0 Å². The average Bonchev–Trinajstić information content (AvgIpc) is 2.55. The molecule has 0 fully saturated rings. The van der Waals surface area contributed by atoms with E-state index >= 15 is 0 Å². The van der Waals surface area contributed by atoms with E-state index < -0.39 is 6.09 Å². The molecule has 6 nitrogen and oxygen atoms in total. The van der Waals surface area contributed by atoms with E-state index in [0.717, 1.165) is 14.9 Å². The number of rotatable bonds is 4. The lowest BCUT2D eigenvalue weighted by molar-refractivity contribution is 0.147. The quantitative estimate of drug-likeness (QED) is 0.663. The number of hydrogen-bond donors (Lipinski definition) is 1. The van der Waals surface area contributed by atoms with Crippen molar-refractivity contribution in [2.75, 3.05) is 20.2 Å². The van der Waals surface area contributed by atoms with Crippen molar-refractivity contribution in [3.05, 3.63) is 50.6 Å². The molecule has 0 spiro atoms. The number of nitrogens with zero attached hydrogens (tertiary/aromatic N) is 1. The van der Waals surface area contributed by atoms with Crippen molar-refractivity contribution in [3.8, 4) is 5.75 Å². The van der Waals surface area contributed by atoms with Gasteiger partial charge in [0.25, 0.3) is 0 Å². The van der Waals surface area contributed by atoms with E-state index in [1.807, 2.05) is 6.92 Å². The SMILES string of the molecule is Cc1cc(OCCN(C)C(=O)O)c2oc3cc(Br)ccc3c(=O)c2c1. The first-order valence-electron chi connectivity index (χ1n) is 7.60. The lowest BCUT2D eigenvalue weighted by atomic mass is 10.1. The molecular formula is C18H16BrNO5. The summed E-state index contributed by atoms with van der Waals surface area (Å²) in [6, 6.07) is 8.78. The molecule has 1 aromatic heterocycles. The number of amides is 1. The Bertz CT molecular complexity index is 1030. The number of likely N-dealkylation sites (N-methyl/N-ethyl adjacent to an activating group) is 1. The van der Waals surface area contributed by atoms with Gasteiger partial charge in [-0.2, -0.15) is 0 Å². The molecule has 7 heteroatoms. The first-order valence-corrected chi connectivity index (χ1v) is 8.39. The predicted molar refractivity (Wildman–Crippen MR) is 98.6 cm³/mol. The van der Waals surface area contributed by atoms with Crippen molar-refractivity contribution in [1.82, 2.24) is 4.90 Å². The van der Waals surface area contributed by atoms with Crippen molar-refractivity contribution in [1.29, 1.82) is 0 Å². The Kier molecular flexibility index (Phi) is 4.67. The molecule has 0 unspecified atom stereocenters. The summed E-state index contributed by atoms with van der Waals surface area (Å²) in [5.41, 5.74) is 1.56. The van der Waals surface area contributed by atoms with Gasteiger partial charge in [-0.15, -0.1) is 0 Å². The molecule has 0 aliphatic rings. The zero-order valence-corrected chi connectivity index (χ0v) is 15.3. The number of halogens is 1. The van der Waals surface area contributed by atoms with Crippen LogP contribution >= 0.6 is 15.9 Å². The van der Waals surface area contributed by atoms with Gasteiger partial charge in [0.2, 0.25) is 5.43 Å². The lowest BCUT2D eigenvalue weighted by Gasteiger charge is -2.14. The Hall–Kier alpha value is -2.54. The van der Waals surface area contributed by atoms with Crippen LogP contribution in [0.1, 0.15) is 5.56 Å². The van der Waals surface area contributed by atoms with Crippen LogP contribution in [0, 0.1) is 6.92 Å². The van der Waals surface area contributed by atoms with E-state index in [4.69, 9.17) is 14.3 Å². The number of hydrogen-bond acceptors (Lipinski definition) is 4. The molecule has 130 valence electrons. The Labute approximate surface area is 151 Å². The number of aryl methyl sites for hydroxylation is 1. The van der Waals surface area contributed by atoms with E-state index in [2.05, 4.69) is 15.9 Å². The van der Waals surface area contributed by atoms with Gasteiger partial charge in [0, 0.05) is 11.5 Å². The Morgan fingerprint density at radius 3 is 2.76 bits per heavy atom. The molecule has 3 rings (SSSR count). The fourth-order valence-electron chi connectivity index (χ4n) is 2.53. The number of carbonyl (C=O) groups is 1. The summed E-state index contributed by atoms with van der Waals surface area (Å²) < 4.78 is 12.4. The molecule has 0 saturated heterocycles. The molecule has 0 atom stereocenters. The van der Waals surface area contributed by atoms with Gasteiger partial charge in [0.1, 0.15) is 12.2 Å². The monoisotopic (exact) mass is 405 g/mol. The molecule has 1 N–H and O–H groups in total. The summed E-state index contributed by atoms with van der Waals surface area (Å²) in [7, 11) is 1.46. The van der Waals surface area contributed by atoms with Gasteiger partial charge >= 0.3 is 6.09 Å². The number of benzene rings is 2. The minimum absolute atomic E-state index is 0.125. The minimum atomic E-state index is -1.03. The van der Waals surface area contributed by atoms with Crippen molar-refractivity contribution < 1.29 is 19.1 Å². The predicted octanol–water partition coefficient (Wildman–Crippen LogP) is 4.01. The van der Waals surface area contributed by atoms with E-state index in [1.165, 1.54) is 7.05 Å². The van der Waals surface area contributed by atoms with Gasteiger partial charge in [-0.1, -0.05) is 15.9 Å². The topological polar surface area (TPSA) is 80.0 Å². The maximum atomic E-state index is 12.8. The molecule has 0 saturated carbocycles. The number of fused-ring (bicyclic) bond motifs is 2. The highest BCUT2D eigenvalue weighted by molar-refractivity contribution is 9.10. The molecule has 1 heterocycles.